The molecule has 0 saturated carbocycles. The lowest BCUT2D eigenvalue weighted by Gasteiger charge is -2.37. The predicted molar refractivity (Wildman–Crippen MR) is 63.9 cm³/mol. The van der Waals surface area contributed by atoms with Gasteiger partial charge in [0.2, 0.25) is 0 Å². The van der Waals surface area contributed by atoms with E-state index in [0.29, 0.717) is 0 Å². The van der Waals surface area contributed by atoms with Crippen LogP contribution in [0.5, 0.6) is 0 Å². The van der Waals surface area contributed by atoms with Crippen molar-refractivity contribution in [3.05, 3.63) is 0 Å². The van der Waals surface area contributed by atoms with Crippen LogP contribution in [0.15, 0.2) is 0 Å². The first-order valence-corrected chi connectivity index (χ1v) is 6.56. The molecule has 0 radical (unpaired) electrons. The van der Waals surface area contributed by atoms with Crippen molar-refractivity contribution in [2.24, 2.45) is 5.73 Å². The fourth-order valence-electron chi connectivity index (χ4n) is 2.92. The maximum Gasteiger partial charge on any atom is 0.0224 e. The summed E-state index contributed by atoms with van der Waals surface area (Å²) >= 11 is 0. The van der Waals surface area contributed by atoms with Crippen molar-refractivity contribution >= 4 is 0 Å². The van der Waals surface area contributed by atoms with Gasteiger partial charge in [0, 0.05) is 25.7 Å². The molecular formula is C12H25N3. The molecule has 2 heterocycles. The molecule has 1 unspecified atom stereocenters. The standard InChI is InChI=1S/C12H25N3/c13-6-2-1-3-7-14-9-10-15-8-4-5-12(15)11-14/h12H,1-11,13H2. The Morgan fingerprint density at radius 3 is 2.87 bits per heavy atom. The summed E-state index contributed by atoms with van der Waals surface area (Å²) in [4.78, 5) is 5.33. The molecule has 0 bridgehead atoms. The third kappa shape index (κ3) is 3.16. The molecule has 2 aliphatic heterocycles. The number of piperazine rings is 1. The van der Waals surface area contributed by atoms with Crippen molar-refractivity contribution in [2.75, 3.05) is 39.3 Å². The third-order valence-electron chi connectivity index (χ3n) is 3.85. The van der Waals surface area contributed by atoms with E-state index in [2.05, 4.69) is 9.80 Å². The molecule has 2 rings (SSSR count). The molecule has 2 fully saturated rings. The fourth-order valence-corrected chi connectivity index (χ4v) is 2.92. The van der Waals surface area contributed by atoms with E-state index in [4.69, 9.17) is 5.73 Å². The van der Waals surface area contributed by atoms with Crippen LogP contribution >= 0.6 is 0 Å². The van der Waals surface area contributed by atoms with Gasteiger partial charge in [0.15, 0.2) is 0 Å². The zero-order chi connectivity index (χ0) is 10.5. The first-order chi connectivity index (χ1) is 7.40. The molecule has 0 aromatic heterocycles. The van der Waals surface area contributed by atoms with Gasteiger partial charge in [-0.1, -0.05) is 6.42 Å². The lowest BCUT2D eigenvalue weighted by atomic mass is 10.1. The topological polar surface area (TPSA) is 32.5 Å². The summed E-state index contributed by atoms with van der Waals surface area (Å²) in [6, 6.07) is 0.883. The van der Waals surface area contributed by atoms with Crippen molar-refractivity contribution in [1.29, 1.82) is 0 Å². The molecule has 88 valence electrons. The van der Waals surface area contributed by atoms with E-state index in [1.807, 2.05) is 0 Å². The summed E-state index contributed by atoms with van der Waals surface area (Å²) in [5.74, 6) is 0. The Kier molecular flexibility index (Phi) is 4.42. The summed E-state index contributed by atoms with van der Waals surface area (Å²) in [5.41, 5.74) is 5.50. The van der Waals surface area contributed by atoms with Gasteiger partial charge in [-0.15, -0.1) is 0 Å². The van der Waals surface area contributed by atoms with Crippen molar-refractivity contribution in [3.63, 3.8) is 0 Å². The Labute approximate surface area is 93.6 Å². The molecule has 0 amide bonds. The minimum Gasteiger partial charge on any atom is -0.330 e. The summed E-state index contributed by atoms with van der Waals surface area (Å²) < 4.78 is 0. The van der Waals surface area contributed by atoms with Crippen LogP contribution in [0.3, 0.4) is 0 Å². The molecule has 0 aromatic carbocycles. The Morgan fingerprint density at radius 1 is 1.07 bits per heavy atom. The van der Waals surface area contributed by atoms with Crippen LogP contribution in [0.25, 0.3) is 0 Å². The normalized spacial score (nSPS) is 28.2. The maximum atomic E-state index is 5.50. The summed E-state index contributed by atoms with van der Waals surface area (Å²) in [6.45, 7) is 7.43. The second-order valence-corrected chi connectivity index (χ2v) is 4.98. The highest BCUT2D eigenvalue weighted by Gasteiger charge is 2.29. The van der Waals surface area contributed by atoms with Gasteiger partial charge < -0.3 is 10.6 Å². The van der Waals surface area contributed by atoms with Crippen LogP contribution < -0.4 is 5.73 Å². The van der Waals surface area contributed by atoms with Crippen molar-refractivity contribution in [3.8, 4) is 0 Å². The van der Waals surface area contributed by atoms with Gasteiger partial charge in [0.25, 0.3) is 0 Å². The molecule has 3 nitrogen and oxygen atoms in total. The van der Waals surface area contributed by atoms with Gasteiger partial charge in [0.1, 0.15) is 0 Å². The molecule has 0 spiro atoms. The number of rotatable bonds is 5. The van der Waals surface area contributed by atoms with Crippen molar-refractivity contribution < 1.29 is 0 Å². The molecule has 2 aliphatic rings. The minimum atomic E-state index is 0.858. The second-order valence-electron chi connectivity index (χ2n) is 4.98. The van der Waals surface area contributed by atoms with Gasteiger partial charge in [-0.2, -0.15) is 0 Å². The number of hydrogen-bond acceptors (Lipinski definition) is 3. The van der Waals surface area contributed by atoms with Crippen LogP contribution in [0.1, 0.15) is 32.1 Å². The summed E-state index contributed by atoms with van der Waals surface area (Å²) in [6.07, 6.45) is 6.69. The van der Waals surface area contributed by atoms with Crippen molar-refractivity contribution in [1.82, 2.24) is 9.80 Å². The predicted octanol–water partition coefficient (Wildman–Crippen LogP) is 0.895. The Bertz CT molecular complexity index is 184. The molecule has 0 aliphatic carbocycles. The zero-order valence-corrected chi connectivity index (χ0v) is 9.83. The quantitative estimate of drug-likeness (QED) is 0.686. The Balaban J connectivity index is 1.62. The lowest BCUT2D eigenvalue weighted by Crippen LogP contribution is -2.50. The van der Waals surface area contributed by atoms with E-state index < -0.39 is 0 Å². The molecule has 0 aromatic rings. The monoisotopic (exact) mass is 211 g/mol. The molecule has 2 saturated heterocycles. The number of hydrogen-bond donors (Lipinski definition) is 1. The lowest BCUT2D eigenvalue weighted by molar-refractivity contribution is 0.103. The summed E-state index contributed by atoms with van der Waals surface area (Å²) in [5, 5.41) is 0. The highest BCUT2D eigenvalue weighted by Crippen LogP contribution is 2.21. The Hall–Kier alpha value is -0.120. The zero-order valence-electron chi connectivity index (χ0n) is 9.83. The highest BCUT2D eigenvalue weighted by molar-refractivity contribution is 4.86. The van der Waals surface area contributed by atoms with E-state index in [0.717, 1.165) is 12.6 Å². The van der Waals surface area contributed by atoms with Gasteiger partial charge in [0.05, 0.1) is 0 Å². The summed E-state index contributed by atoms with van der Waals surface area (Å²) in [7, 11) is 0. The molecule has 3 heteroatoms. The van der Waals surface area contributed by atoms with E-state index in [1.54, 1.807) is 0 Å². The molecule has 1 atom stereocenters. The first kappa shape index (κ1) is 11.4. The van der Waals surface area contributed by atoms with E-state index in [1.165, 1.54) is 64.8 Å². The molecule has 2 N–H and O–H groups in total. The average Bonchev–Trinajstić information content (AvgIpc) is 2.71. The van der Waals surface area contributed by atoms with Gasteiger partial charge in [-0.25, -0.2) is 0 Å². The van der Waals surface area contributed by atoms with E-state index in [-0.39, 0.29) is 0 Å². The number of unbranched alkanes of at least 4 members (excludes halogenated alkanes) is 2. The van der Waals surface area contributed by atoms with Crippen LogP contribution in [0.4, 0.5) is 0 Å². The van der Waals surface area contributed by atoms with Gasteiger partial charge >= 0.3 is 0 Å². The van der Waals surface area contributed by atoms with Crippen LogP contribution in [0.2, 0.25) is 0 Å². The number of nitrogens with two attached hydrogens (primary N) is 1. The first-order valence-electron chi connectivity index (χ1n) is 6.56. The average molecular weight is 211 g/mol. The second kappa shape index (κ2) is 5.83. The van der Waals surface area contributed by atoms with Crippen molar-refractivity contribution in [2.45, 2.75) is 38.1 Å². The van der Waals surface area contributed by atoms with Gasteiger partial charge in [-0.05, 0) is 45.3 Å². The molecule has 15 heavy (non-hydrogen) atoms. The molecular weight excluding hydrogens is 186 g/mol. The largest absolute Gasteiger partial charge is 0.330 e. The Morgan fingerprint density at radius 2 is 2.00 bits per heavy atom. The number of fused-ring (bicyclic) bond motifs is 1. The SMILES string of the molecule is NCCCCCN1CCN2CCCC2C1. The van der Waals surface area contributed by atoms with Gasteiger partial charge in [-0.3, -0.25) is 4.90 Å². The van der Waals surface area contributed by atoms with E-state index in [9.17, 15) is 0 Å². The van der Waals surface area contributed by atoms with Crippen LogP contribution in [0, 0.1) is 0 Å². The smallest absolute Gasteiger partial charge is 0.0224 e. The highest BCUT2D eigenvalue weighted by atomic mass is 15.3. The fraction of sp³-hybridized carbons (Fsp3) is 1.00. The maximum absolute atomic E-state index is 5.50. The van der Waals surface area contributed by atoms with Crippen LogP contribution in [-0.2, 0) is 0 Å². The third-order valence-corrected chi connectivity index (χ3v) is 3.85. The van der Waals surface area contributed by atoms with E-state index >= 15 is 0 Å². The van der Waals surface area contributed by atoms with Crippen LogP contribution in [-0.4, -0.2) is 55.1 Å². The minimum absolute atomic E-state index is 0.858. The number of nitrogens with zero attached hydrogens (tertiary/aromatic N) is 2.